The predicted molar refractivity (Wildman–Crippen MR) is 108 cm³/mol. The van der Waals surface area contributed by atoms with Crippen molar-refractivity contribution in [2.75, 3.05) is 6.61 Å². The van der Waals surface area contributed by atoms with Crippen LogP contribution in [0.15, 0.2) is 0 Å². The van der Waals surface area contributed by atoms with E-state index in [1.54, 1.807) is 0 Å². The molecule has 154 valence electrons. The maximum Gasteiger partial charge on any atom is 0.310 e. The summed E-state index contributed by atoms with van der Waals surface area (Å²) in [4.78, 5) is 25.7. The van der Waals surface area contributed by atoms with Gasteiger partial charge in [-0.25, -0.2) is 0 Å². The third-order valence-corrected chi connectivity index (χ3v) is 13.7. The Morgan fingerprint density at radius 1 is 1.19 bits per heavy atom. The summed E-state index contributed by atoms with van der Waals surface area (Å²) in [5.74, 6) is -0.863. The molecular weight excluding hydrogens is 358 g/mol. The Bertz CT molecular complexity index is 583. The van der Waals surface area contributed by atoms with Gasteiger partial charge in [0.15, 0.2) is 0 Å². The Labute approximate surface area is 165 Å². The number of piperidine rings is 2. The molecule has 3 rings (SSSR count). The molecule has 2 aliphatic carbocycles. The predicted octanol–water partition coefficient (Wildman–Crippen LogP) is 4.02. The van der Waals surface area contributed by atoms with E-state index in [9.17, 15) is 9.59 Å². The molecule has 1 aliphatic heterocycles. The molecule has 6 heteroatoms. The van der Waals surface area contributed by atoms with E-state index in [4.69, 9.17) is 9.16 Å². The van der Waals surface area contributed by atoms with Gasteiger partial charge in [-0.2, -0.15) is 0 Å². The van der Waals surface area contributed by atoms with Gasteiger partial charge in [0.05, 0.1) is 24.0 Å². The average Bonchev–Trinajstić information content (AvgIpc) is 2.54. The Morgan fingerprint density at radius 3 is 2.30 bits per heavy atom. The lowest BCUT2D eigenvalue weighted by atomic mass is 9.44. The molecule has 4 bridgehead atoms. The summed E-state index contributed by atoms with van der Waals surface area (Å²) in [6.07, 6.45) is 2.87. The first-order valence-corrected chi connectivity index (χ1v) is 12.9. The number of hydrogen-bond acceptors (Lipinski definition) is 4. The quantitative estimate of drug-likeness (QED) is 0.522. The molecule has 3 fully saturated rings. The normalized spacial score (nSPS) is 35.3. The van der Waals surface area contributed by atoms with Crippen molar-refractivity contribution in [3.63, 3.8) is 0 Å². The lowest BCUT2D eigenvalue weighted by molar-refractivity contribution is -0.241. The van der Waals surface area contributed by atoms with E-state index in [0.29, 0.717) is 23.2 Å². The smallest absolute Gasteiger partial charge is 0.310 e. The number of amides is 1. The number of esters is 1. The number of carbonyl (C=O) groups is 2. The van der Waals surface area contributed by atoms with E-state index in [0.717, 1.165) is 19.3 Å². The second-order valence-corrected chi connectivity index (χ2v) is 15.0. The lowest BCUT2D eigenvalue weighted by Crippen LogP contribution is -2.82. The van der Waals surface area contributed by atoms with Crippen LogP contribution in [0.1, 0.15) is 67.7 Å². The van der Waals surface area contributed by atoms with Gasteiger partial charge in [0, 0.05) is 12.0 Å². The number of rotatable bonds is 7. The second kappa shape index (κ2) is 7.18. The van der Waals surface area contributed by atoms with Gasteiger partial charge in [0.1, 0.15) is 0 Å². The van der Waals surface area contributed by atoms with Crippen molar-refractivity contribution in [2.24, 2.45) is 17.8 Å². The highest BCUT2D eigenvalue weighted by Gasteiger charge is 2.75. The van der Waals surface area contributed by atoms with Gasteiger partial charge in [0.25, 0.3) is 0 Å². The van der Waals surface area contributed by atoms with Crippen LogP contribution in [0.25, 0.3) is 0 Å². The standard InChI is InChI=1S/C21H37NO4Si/c1-8-25-20(24)16-17-15-10-9-11-21(17,18(16)19(23)22-15)26-27(12(2)3,13(4)5)14(6)7/h12-18H,8-11H2,1-7H3,(H,22,23)/t15-,16-,17-,18-,21-/m0/s1. The lowest BCUT2D eigenvalue weighted by Gasteiger charge is -2.69. The van der Waals surface area contributed by atoms with Gasteiger partial charge < -0.3 is 14.5 Å². The van der Waals surface area contributed by atoms with E-state index >= 15 is 0 Å². The largest absolute Gasteiger partial charge is 0.466 e. The first-order chi connectivity index (χ1) is 12.6. The fourth-order valence-electron chi connectivity index (χ4n) is 6.80. The molecule has 1 heterocycles. The monoisotopic (exact) mass is 395 g/mol. The summed E-state index contributed by atoms with van der Waals surface area (Å²) >= 11 is 0. The topological polar surface area (TPSA) is 64.6 Å². The Morgan fingerprint density at radius 2 is 1.78 bits per heavy atom. The van der Waals surface area contributed by atoms with Gasteiger partial charge >= 0.3 is 5.97 Å². The van der Waals surface area contributed by atoms with Crippen molar-refractivity contribution in [3.8, 4) is 0 Å². The van der Waals surface area contributed by atoms with Crippen LogP contribution in [0.3, 0.4) is 0 Å². The number of nitrogens with one attached hydrogen (secondary N) is 1. The first kappa shape index (κ1) is 20.8. The number of ether oxygens (including phenoxy) is 1. The fraction of sp³-hybridized carbons (Fsp3) is 0.905. The number of hydrogen-bond donors (Lipinski definition) is 1. The molecule has 3 aliphatic rings. The molecule has 0 unspecified atom stereocenters. The van der Waals surface area contributed by atoms with Crippen molar-refractivity contribution in [1.29, 1.82) is 0 Å². The molecule has 1 amide bonds. The second-order valence-electron chi connectivity index (χ2n) is 9.66. The molecule has 0 aromatic heterocycles. The van der Waals surface area contributed by atoms with Crippen LogP contribution in [-0.2, 0) is 18.8 Å². The maximum absolute atomic E-state index is 13.0. The fourth-order valence-corrected chi connectivity index (χ4v) is 12.5. The van der Waals surface area contributed by atoms with Crippen LogP contribution in [0.5, 0.6) is 0 Å². The maximum atomic E-state index is 13.0. The zero-order valence-electron chi connectivity index (χ0n) is 18.0. The van der Waals surface area contributed by atoms with Gasteiger partial charge in [-0.1, -0.05) is 41.5 Å². The van der Waals surface area contributed by atoms with E-state index in [2.05, 4.69) is 46.9 Å². The summed E-state index contributed by atoms with van der Waals surface area (Å²) in [6, 6.07) is 0.0452. The van der Waals surface area contributed by atoms with Gasteiger partial charge in [-0.05, 0) is 42.8 Å². The first-order valence-electron chi connectivity index (χ1n) is 10.8. The highest BCUT2D eigenvalue weighted by atomic mass is 28.4. The van der Waals surface area contributed by atoms with Crippen LogP contribution in [0, 0.1) is 17.8 Å². The van der Waals surface area contributed by atoms with E-state index in [1.165, 1.54) is 0 Å². The minimum absolute atomic E-state index is 0.000536. The summed E-state index contributed by atoms with van der Waals surface area (Å²) < 4.78 is 12.6. The zero-order valence-corrected chi connectivity index (χ0v) is 19.0. The van der Waals surface area contributed by atoms with Crippen molar-refractivity contribution in [1.82, 2.24) is 5.32 Å². The van der Waals surface area contributed by atoms with Crippen LogP contribution in [0.4, 0.5) is 0 Å². The third-order valence-electron chi connectivity index (χ3n) is 7.60. The molecule has 5 nitrogen and oxygen atoms in total. The van der Waals surface area contributed by atoms with Crippen molar-refractivity contribution >= 4 is 20.2 Å². The average molecular weight is 396 g/mol. The summed E-state index contributed by atoms with van der Waals surface area (Å²) in [5.41, 5.74) is 0.904. The molecular formula is C21H37NO4Si. The third kappa shape index (κ3) is 2.81. The molecule has 2 saturated carbocycles. The van der Waals surface area contributed by atoms with Crippen molar-refractivity contribution in [2.45, 2.75) is 96.0 Å². The summed E-state index contributed by atoms with van der Waals surface area (Å²) in [5, 5.41) is 3.16. The molecule has 0 spiro atoms. The van der Waals surface area contributed by atoms with Crippen LogP contribution in [-0.4, -0.2) is 38.4 Å². The van der Waals surface area contributed by atoms with Gasteiger partial charge in [-0.15, -0.1) is 0 Å². The Kier molecular flexibility index (Phi) is 5.54. The Hall–Kier alpha value is -0.883. The number of carbonyl (C=O) groups excluding carboxylic acids is 2. The SMILES string of the molecule is CCOC(=O)[C@H]1[C@@H]2[C@@H]3CCC[C@@]2(O[Si](C(C)C)(C(C)C)C(C)C)[C@@H]1C(=O)N3. The van der Waals surface area contributed by atoms with Gasteiger partial charge in [-0.3, -0.25) is 9.59 Å². The highest BCUT2D eigenvalue weighted by molar-refractivity contribution is 6.77. The minimum atomic E-state index is -2.16. The molecule has 0 aromatic carbocycles. The molecule has 27 heavy (non-hydrogen) atoms. The summed E-state index contributed by atoms with van der Waals surface area (Å²) in [6.45, 7) is 15.9. The highest BCUT2D eigenvalue weighted by Crippen LogP contribution is 2.64. The Balaban J connectivity index is 2.02. The molecule has 1 N–H and O–H groups in total. The van der Waals surface area contributed by atoms with E-state index < -0.39 is 13.9 Å². The van der Waals surface area contributed by atoms with Crippen molar-refractivity contribution in [3.05, 3.63) is 0 Å². The zero-order chi connectivity index (χ0) is 20.1. The van der Waals surface area contributed by atoms with Crippen LogP contribution >= 0.6 is 0 Å². The molecule has 0 aromatic rings. The van der Waals surface area contributed by atoms with Crippen LogP contribution in [0.2, 0.25) is 16.6 Å². The van der Waals surface area contributed by atoms with Gasteiger partial charge in [0.2, 0.25) is 14.2 Å². The summed E-state index contributed by atoms with van der Waals surface area (Å²) in [7, 11) is -2.16. The molecule has 0 radical (unpaired) electrons. The van der Waals surface area contributed by atoms with Crippen LogP contribution < -0.4 is 5.32 Å². The van der Waals surface area contributed by atoms with E-state index in [-0.39, 0.29) is 35.7 Å². The molecule has 5 atom stereocenters. The minimum Gasteiger partial charge on any atom is -0.466 e. The van der Waals surface area contributed by atoms with Crippen molar-refractivity contribution < 1.29 is 18.8 Å². The molecule has 1 saturated heterocycles. The van der Waals surface area contributed by atoms with E-state index in [1.807, 2.05) is 6.92 Å².